The second-order valence-corrected chi connectivity index (χ2v) is 7.52. The van der Waals surface area contributed by atoms with Crippen LogP contribution in [0.4, 0.5) is 0 Å². The smallest absolute Gasteiger partial charge is 0.359 e. The first-order valence-electron chi connectivity index (χ1n) is 7.73. The molecular formula is C18H17N3O3S. The van der Waals surface area contributed by atoms with Crippen molar-refractivity contribution in [2.24, 2.45) is 5.41 Å². The van der Waals surface area contributed by atoms with Gasteiger partial charge in [-0.05, 0) is 12.1 Å². The van der Waals surface area contributed by atoms with Crippen LogP contribution in [-0.4, -0.2) is 33.3 Å². The number of ether oxygens (including phenoxy) is 1. The second kappa shape index (κ2) is 6.68. The van der Waals surface area contributed by atoms with Crippen molar-refractivity contribution in [3.05, 3.63) is 42.4 Å². The molecule has 6 nitrogen and oxygen atoms in total. The maximum absolute atomic E-state index is 12.4. The number of aromatic nitrogens is 3. The molecule has 0 atom stereocenters. The number of esters is 1. The molecule has 128 valence electrons. The third kappa shape index (κ3) is 3.71. The minimum atomic E-state index is -0.681. The first-order chi connectivity index (χ1) is 11.9. The summed E-state index contributed by atoms with van der Waals surface area (Å²) < 4.78 is 6.13. The Morgan fingerprint density at radius 1 is 1.12 bits per heavy atom. The van der Waals surface area contributed by atoms with Crippen molar-refractivity contribution < 1.29 is 14.3 Å². The Balaban J connectivity index is 1.88. The number of benzene rings is 1. The van der Waals surface area contributed by atoms with Gasteiger partial charge in [-0.1, -0.05) is 32.9 Å². The largest absolute Gasteiger partial charge is 0.453 e. The van der Waals surface area contributed by atoms with E-state index in [1.807, 2.05) is 24.3 Å². The topological polar surface area (TPSA) is 82.0 Å². The number of carbonyl (C=O) groups excluding carboxylic acids is 2. The Morgan fingerprint density at radius 2 is 1.84 bits per heavy atom. The molecule has 25 heavy (non-hydrogen) atoms. The molecule has 3 rings (SSSR count). The zero-order valence-corrected chi connectivity index (χ0v) is 15.0. The predicted octanol–water partition coefficient (Wildman–Crippen LogP) is 3.53. The van der Waals surface area contributed by atoms with E-state index in [1.165, 1.54) is 23.7 Å². The summed E-state index contributed by atoms with van der Waals surface area (Å²) in [7, 11) is 0. The van der Waals surface area contributed by atoms with E-state index in [0.717, 1.165) is 10.2 Å². The van der Waals surface area contributed by atoms with Crippen molar-refractivity contribution in [3.8, 4) is 10.7 Å². The summed E-state index contributed by atoms with van der Waals surface area (Å²) >= 11 is 1.42. The van der Waals surface area contributed by atoms with Gasteiger partial charge >= 0.3 is 5.97 Å². The molecular weight excluding hydrogens is 338 g/mol. The lowest BCUT2D eigenvalue weighted by Gasteiger charge is -2.16. The zero-order valence-electron chi connectivity index (χ0n) is 14.1. The molecule has 2 aromatic heterocycles. The van der Waals surface area contributed by atoms with Gasteiger partial charge in [0.1, 0.15) is 10.7 Å². The number of fused-ring (bicyclic) bond motifs is 1. The molecule has 0 saturated heterocycles. The molecule has 2 heterocycles. The van der Waals surface area contributed by atoms with Crippen molar-refractivity contribution in [1.82, 2.24) is 15.0 Å². The Labute approximate surface area is 148 Å². The van der Waals surface area contributed by atoms with Crippen molar-refractivity contribution in [2.75, 3.05) is 6.61 Å². The summed E-state index contributed by atoms with van der Waals surface area (Å²) in [6, 6.07) is 7.67. The molecule has 0 radical (unpaired) electrons. The first-order valence-corrected chi connectivity index (χ1v) is 8.55. The number of carbonyl (C=O) groups is 2. The fourth-order valence-electron chi connectivity index (χ4n) is 2.03. The highest BCUT2D eigenvalue weighted by atomic mass is 32.1. The van der Waals surface area contributed by atoms with Crippen LogP contribution < -0.4 is 0 Å². The number of nitrogens with zero attached hydrogens (tertiary/aromatic N) is 3. The second-order valence-electron chi connectivity index (χ2n) is 6.49. The monoisotopic (exact) mass is 355 g/mol. The van der Waals surface area contributed by atoms with Crippen LogP contribution in [0.2, 0.25) is 0 Å². The molecule has 0 saturated carbocycles. The van der Waals surface area contributed by atoms with Gasteiger partial charge in [-0.25, -0.2) is 19.7 Å². The number of ketones is 1. The molecule has 0 fully saturated rings. The minimum absolute atomic E-state index is 0.0586. The van der Waals surface area contributed by atoms with Crippen LogP contribution in [0.25, 0.3) is 20.9 Å². The van der Waals surface area contributed by atoms with Gasteiger partial charge in [0.15, 0.2) is 18.1 Å². The van der Waals surface area contributed by atoms with E-state index in [1.54, 1.807) is 20.8 Å². The number of para-hydroxylation sites is 1. The van der Waals surface area contributed by atoms with Gasteiger partial charge in [0.05, 0.1) is 10.2 Å². The lowest BCUT2D eigenvalue weighted by Crippen LogP contribution is -2.26. The van der Waals surface area contributed by atoms with Crippen LogP contribution in [0.3, 0.4) is 0 Å². The highest BCUT2D eigenvalue weighted by Gasteiger charge is 2.25. The van der Waals surface area contributed by atoms with E-state index in [4.69, 9.17) is 4.74 Å². The van der Waals surface area contributed by atoms with Gasteiger partial charge in [-0.2, -0.15) is 0 Å². The Kier molecular flexibility index (Phi) is 4.59. The van der Waals surface area contributed by atoms with Crippen molar-refractivity contribution in [2.45, 2.75) is 20.8 Å². The maximum atomic E-state index is 12.4. The van der Waals surface area contributed by atoms with E-state index in [-0.39, 0.29) is 18.1 Å². The van der Waals surface area contributed by atoms with E-state index in [9.17, 15) is 9.59 Å². The SMILES string of the molecule is CC(C)(C)C(=O)COC(=O)c1nccnc1-c1nc2ccccc2s1. The van der Waals surface area contributed by atoms with Crippen molar-refractivity contribution in [3.63, 3.8) is 0 Å². The van der Waals surface area contributed by atoms with Crippen LogP contribution in [0.5, 0.6) is 0 Å². The summed E-state index contributed by atoms with van der Waals surface area (Å²) in [5, 5.41) is 0.586. The average molecular weight is 355 g/mol. The summed E-state index contributed by atoms with van der Waals surface area (Å²) in [4.78, 5) is 37.2. The van der Waals surface area contributed by atoms with Gasteiger partial charge in [0, 0.05) is 17.8 Å². The Morgan fingerprint density at radius 3 is 2.56 bits per heavy atom. The van der Waals surface area contributed by atoms with Crippen LogP contribution in [0.15, 0.2) is 36.7 Å². The highest BCUT2D eigenvalue weighted by Crippen LogP contribution is 2.30. The molecule has 7 heteroatoms. The molecule has 0 spiro atoms. The van der Waals surface area contributed by atoms with E-state index < -0.39 is 11.4 Å². The van der Waals surface area contributed by atoms with E-state index >= 15 is 0 Å². The number of hydrogen-bond acceptors (Lipinski definition) is 7. The summed E-state index contributed by atoms with van der Waals surface area (Å²) in [6.07, 6.45) is 2.91. The fraction of sp³-hybridized carbons (Fsp3) is 0.278. The van der Waals surface area contributed by atoms with Crippen LogP contribution in [0.1, 0.15) is 31.3 Å². The predicted molar refractivity (Wildman–Crippen MR) is 95.4 cm³/mol. The summed E-state index contributed by atoms with van der Waals surface area (Å²) in [5.74, 6) is -0.841. The van der Waals surface area contributed by atoms with E-state index in [0.29, 0.717) is 10.7 Å². The summed E-state index contributed by atoms with van der Waals surface area (Å²) in [5.41, 5.74) is 0.675. The molecule has 0 amide bonds. The van der Waals surface area contributed by atoms with Crippen molar-refractivity contribution in [1.29, 1.82) is 0 Å². The third-order valence-corrected chi connectivity index (χ3v) is 4.60. The lowest BCUT2D eigenvalue weighted by atomic mass is 9.91. The molecule has 0 bridgehead atoms. The van der Waals surface area contributed by atoms with Crippen LogP contribution in [0, 0.1) is 5.41 Å². The van der Waals surface area contributed by atoms with Gasteiger partial charge in [-0.15, -0.1) is 11.3 Å². The molecule has 0 N–H and O–H groups in total. The molecule has 1 aromatic carbocycles. The molecule has 0 unspecified atom stereocenters. The normalized spacial score (nSPS) is 11.5. The number of thiazole rings is 1. The number of Topliss-reactive ketones (excluding diaryl/α,β-unsaturated/α-hetero) is 1. The molecule has 0 aliphatic heterocycles. The number of rotatable bonds is 4. The van der Waals surface area contributed by atoms with Gasteiger partial charge in [0.2, 0.25) is 0 Å². The Hall–Kier alpha value is -2.67. The van der Waals surface area contributed by atoms with Crippen LogP contribution >= 0.6 is 11.3 Å². The van der Waals surface area contributed by atoms with Gasteiger partial charge in [-0.3, -0.25) is 4.79 Å². The van der Waals surface area contributed by atoms with Gasteiger partial charge < -0.3 is 4.74 Å². The number of hydrogen-bond donors (Lipinski definition) is 0. The van der Waals surface area contributed by atoms with Crippen LogP contribution in [-0.2, 0) is 9.53 Å². The molecule has 0 aliphatic carbocycles. The standard InChI is InChI=1S/C18H17N3O3S/c1-18(2,3)13(22)10-24-17(23)15-14(19-8-9-20-15)16-21-11-6-4-5-7-12(11)25-16/h4-9H,10H2,1-3H3. The molecule has 3 aromatic rings. The first kappa shape index (κ1) is 17.2. The quantitative estimate of drug-likeness (QED) is 0.666. The maximum Gasteiger partial charge on any atom is 0.359 e. The van der Waals surface area contributed by atoms with Crippen molar-refractivity contribution >= 4 is 33.3 Å². The Bertz CT molecular complexity index is 911. The lowest BCUT2D eigenvalue weighted by molar-refractivity contribution is -0.129. The van der Waals surface area contributed by atoms with E-state index in [2.05, 4.69) is 15.0 Å². The minimum Gasteiger partial charge on any atom is -0.453 e. The highest BCUT2D eigenvalue weighted by molar-refractivity contribution is 7.21. The van der Waals surface area contributed by atoms with Gasteiger partial charge in [0.25, 0.3) is 0 Å². The molecule has 0 aliphatic rings. The summed E-state index contributed by atoms with van der Waals surface area (Å²) in [6.45, 7) is 5.03. The third-order valence-electron chi connectivity index (χ3n) is 3.56. The zero-order chi connectivity index (χ0) is 18.0. The fourth-order valence-corrected chi connectivity index (χ4v) is 3.00. The average Bonchev–Trinajstić information content (AvgIpc) is 3.02.